The molecule has 2 aromatic rings. The van der Waals surface area contributed by atoms with Crippen LogP contribution in [-0.4, -0.2) is 53.7 Å². The Kier molecular flexibility index (Phi) is 6.65. The lowest BCUT2D eigenvalue weighted by Crippen LogP contribution is -2.53. The number of carbonyl (C=O) groups excluding carboxylic acids is 3. The molecule has 2 aromatic carbocycles. The van der Waals surface area contributed by atoms with Crippen LogP contribution in [0.25, 0.3) is 0 Å². The van der Waals surface area contributed by atoms with Crippen molar-refractivity contribution in [2.24, 2.45) is 5.92 Å². The third-order valence-corrected chi connectivity index (χ3v) is 6.32. The molecular weight excluding hydrogens is 390 g/mol. The maximum Gasteiger partial charge on any atom is 0.251 e. The van der Waals surface area contributed by atoms with E-state index >= 15 is 0 Å². The van der Waals surface area contributed by atoms with Crippen LogP contribution in [0, 0.1) is 5.92 Å². The lowest BCUT2D eigenvalue weighted by atomic mass is 9.84. The zero-order chi connectivity index (χ0) is 21.6. The summed E-state index contributed by atoms with van der Waals surface area (Å²) in [6.07, 6.45) is 3.33. The molecule has 1 unspecified atom stereocenters. The molecule has 0 spiro atoms. The predicted molar refractivity (Wildman–Crippen MR) is 118 cm³/mol. The molecule has 3 amide bonds. The summed E-state index contributed by atoms with van der Waals surface area (Å²) >= 11 is 0. The monoisotopic (exact) mass is 419 g/mol. The Bertz CT molecular complexity index is 904. The molecule has 0 radical (unpaired) electrons. The quantitative estimate of drug-likeness (QED) is 0.783. The minimum absolute atomic E-state index is 0.00189. The average molecular weight is 420 g/mol. The van der Waals surface area contributed by atoms with E-state index in [1.54, 1.807) is 12.1 Å². The fraction of sp³-hybridized carbons (Fsp3) is 0.400. The summed E-state index contributed by atoms with van der Waals surface area (Å²) in [6.45, 7) is 2.28. The normalized spacial score (nSPS) is 17.5. The average Bonchev–Trinajstić information content (AvgIpc) is 2.78. The molecule has 6 heteroatoms. The summed E-state index contributed by atoms with van der Waals surface area (Å²) in [7, 11) is 0. The van der Waals surface area contributed by atoms with E-state index in [2.05, 4.69) is 5.32 Å². The molecule has 31 heavy (non-hydrogen) atoms. The first-order chi connectivity index (χ1) is 15.1. The van der Waals surface area contributed by atoms with Gasteiger partial charge in [-0.3, -0.25) is 14.4 Å². The van der Waals surface area contributed by atoms with Crippen LogP contribution in [0.3, 0.4) is 0 Å². The van der Waals surface area contributed by atoms with Crippen molar-refractivity contribution in [3.05, 3.63) is 71.8 Å². The van der Waals surface area contributed by atoms with Crippen LogP contribution >= 0.6 is 0 Å². The molecule has 162 valence electrons. The molecule has 1 aliphatic carbocycles. The van der Waals surface area contributed by atoms with Crippen LogP contribution in [0.5, 0.6) is 0 Å². The van der Waals surface area contributed by atoms with E-state index in [0.717, 1.165) is 24.8 Å². The van der Waals surface area contributed by atoms with Crippen molar-refractivity contribution in [1.29, 1.82) is 0 Å². The highest BCUT2D eigenvalue weighted by Gasteiger charge is 2.32. The molecule has 1 atom stereocenters. The maximum absolute atomic E-state index is 13.0. The molecule has 1 saturated heterocycles. The zero-order valence-electron chi connectivity index (χ0n) is 17.7. The van der Waals surface area contributed by atoms with E-state index in [0.29, 0.717) is 31.7 Å². The summed E-state index contributed by atoms with van der Waals surface area (Å²) in [5.74, 6) is 0.240. The fourth-order valence-electron chi connectivity index (χ4n) is 4.16. The zero-order valence-corrected chi connectivity index (χ0v) is 17.7. The molecule has 1 aliphatic heterocycles. The highest BCUT2D eigenvalue weighted by molar-refractivity contribution is 5.94. The van der Waals surface area contributed by atoms with Crippen molar-refractivity contribution < 1.29 is 14.4 Å². The first-order valence-electron chi connectivity index (χ1n) is 11.1. The van der Waals surface area contributed by atoms with Crippen molar-refractivity contribution in [1.82, 2.24) is 15.1 Å². The summed E-state index contributed by atoms with van der Waals surface area (Å²) < 4.78 is 0. The third-order valence-electron chi connectivity index (χ3n) is 6.32. The second-order valence-electron chi connectivity index (χ2n) is 8.34. The van der Waals surface area contributed by atoms with Gasteiger partial charge in [0, 0.05) is 37.7 Å². The van der Waals surface area contributed by atoms with Gasteiger partial charge in [0.25, 0.3) is 5.91 Å². The SMILES string of the molecule is O=C(NC(CC(=O)N1CCN(C(=O)C2CCC2)CC1)c1ccccc1)c1ccccc1. The summed E-state index contributed by atoms with van der Waals surface area (Å²) in [5.41, 5.74) is 1.47. The van der Waals surface area contributed by atoms with Crippen molar-refractivity contribution >= 4 is 17.7 Å². The Morgan fingerprint density at radius 3 is 2.00 bits per heavy atom. The van der Waals surface area contributed by atoms with Crippen LogP contribution in [0.1, 0.15) is 47.6 Å². The lowest BCUT2D eigenvalue weighted by Gasteiger charge is -2.38. The van der Waals surface area contributed by atoms with Crippen molar-refractivity contribution in [3.8, 4) is 0 Å². The topological polar surface area (TPSA) is 69.7 Å². The van der Waals surface area contributed by atoms with Crippen LogP contribution in [0.2, 0.25) is 0 Å². The number of hydrogen-bond acceptors (Lipinski definition) is 3. The van der Waals surface area contributed by atoms with Crippen molar-refractivity contribution in [3.63, 3.8) is 0 Å². The Balaban J connectivity index is 1.38. The van der Waals surface area contributed by atoms with E-state index in [4.69, 9.17) is 0 Å². The van der Waals surface area contributed by atoms with E-state index in [1.807, 2.05) is 58.3 Å². The van der Waals surface area contributed by atoms with Gasteiger partial charge in [0.2, 0.25) is 11.8 Å². The van der Waals surface area contributed by atoms with Crippen LogP contribution in [0.4, 0.5) is 0 Å². The molecule has 1 N–H and O–H groups in total. The molecule has 0 bridgehead atoms. The Morgan fingerprint density at radius 1 is 0.839 bits per heavy atom. The van der Waals surface area contributed by atoms with E-state index in [9.17, 15) is 14.4 Å². The molecule has 1 saturated carbocycles. The number of hydrogen-bond donors (Lipinski definition) is 1. The lowest BCUT2D eigenvalue weighted by molar-refractivity contribution is -0.144. The van der Waals surface area contributed by atoms with Gasteiger partial charge in [-0.2, -0.15) is 0 Å². The van der Waals surface area contributed by atoms with E-state index < -0.39 is 6.04 Å². The molecule has 0 aromatic heterocycles. The Morgan fingerprint density at radius 2 is 1.42 bits per heavy atom. The smallest absolute Gasteiger partial charge is 0.251 e. The van der Waals surface area contributed by atoms with Gasteiger partial charge in [0.15, 0.2) is 0 Å². The van der Waals surface area contributed by atoms with Gasteiger partial charge in [-0.05, 0) is 30.5 Å². The minimum atomic E-state index is -0.406. The van der Waals surface area contributed by atoms with Crippen LogP contribution < -0.4 is 5.32 Å². The van der Waals surface area contributed by atoms with Gasteiger partial charge in [-0.1, -0.05) is 55.0 Å². The fourth-order valence-corrected chi connectivity index (χ4v) is 4.16. The van der Waals surface area contributed by atoms with Gasteiger partial charge in [-0.25, -0.2) is 0 Å². The molecule has 6 nitrogen and oxygen atoms in total. The number of benzene rings is 2. The van der Waals surface area contributed by atoms with Gasteiger partial charge in [0.05, 0.1) is 12.5 Å². The number of piperazine rings is 1. The minimum Gasteiger partial charge on any atom is -0.345 e. The van der Waals surface area contributed by atoms with E-state index in [1.165, 1.54) is 0 Å². The molecular formula is C25H29N3O3. The highest BCUT2D eigenvalue weighted by Crippen LogP contribution is 2.28. The summed E-state index contributed by atoms with van der Waals surface area (Å²) in [6, 6.07) is 18.2. The third kappa shape index (κ3) is 5.13. The number of amides is 3. The Hall–Kier alpha value is -3.15. The molecule has 1 heterocycles. The highest BCUT2D eigenvalue weighted by atomic mass is 16.2. The molecule has 2 fully saturated rings. The van der Waals surface area contributed by atoms with Crippen molar-refractivity contribution in [2.45, 2.75) is 31.7 Å². The molecule has 2 aliphatic rings. The first kappa shape index (κ1) is 21.1. The maximum atomic E-state index is 13.0. The number of nitrogens with zero attached hydrogens (tertiary/aromatic N) is 2. The summed E-state index contributed by atoms with van der Waals surface area (Å²) in [4.78, 5) is 41.9. The van der Waals surface area contributed by atoms with Crippen molar-refractivity contribution in [2.75, 3.05) is 26.2 Å². The Labute approximate surface area is 183 Å². The number of rotatable bonds is 6. The number of nitrogens with one attached hydrogen (secondary N) is 1. The largest absolute Gasteiger partial charge is 0.345 e. The van der Waals surface area contributed by atoms with Gasteiger partial charge in [0.1, 0.15) is 0 Å². The van der Waals surface area contributed by atoms with Gasteiger partial charge < -0.3 is 15.1 Å². The summed E-state index contributed by atoms with van der Waals surface area (Å²) in [5, 5.41) is 3.03. The van der Waals surface area contributed by atoms with Gasteiger partial charge >= 0.3 is 0 Å². The van der Waals surface area contributed by atoms with Crippen LogP contribution in [0.15, 0.2) is 60.7 Å². The van der Waals surface area contributed by atoms with Crippen LogP contribution in [-0.2, 0) is 9.59 Å². The molecule has 4 rings (SSSR count). The number of carbonyl (C=O) groups is 3. The predicted octanol–water partition coefficient (Wildman–Crippen LogP) is 3.02. The van der Waals surface area contributed by atoms with Gasteiger partial charge in [-0.15, -0.1) is 0 Å². The standard InChI is InChI=1S/C25H29N3O3/c29-23(27-14-16-28(17-15-27)25(31)21-12-7-13-21)18-22(19-8-3-1-4-9-19)26-24(30)20-10-5-2-6-11-20/h1-6,8-11,21-22H,7,12-18H2,(H,26,30). The second kappa shape index (κ2) is 9.77. The second-order valence-corrected chi connectivity index (χ2v) is 8.34. The first-order valence-corrected chi connectivity index (χ1v) is 11.1. The van der Waals surface area contributed by atoms with E-state index in [-0.39, 0.29) is 30.1 Å².